The van der Waals surface area contributed by atoms with Gasteiger partial charge in [-0.15, -0.1) is 16.4 Å². The minimum absolute atomic E-state index is 0.0230. The third kappa shape index (κ3) is 2.91. The van der Waals surface area contributed by atoms with Crippen LogP contribution in [-0.2, 0) is 11.2 Å². The summed E-state index contributed by atoms with van der Waals surface area (Å²) in [6, 6.07) is 11.9. The average Bonchev–Trinajstić information content (AvgIpc) is 2.97. The summed E-state index contributed by atoms with van der Waals surface area (Å²) < 4.78 is 6.75. The molecular formula is C20H14ClN3O2S. The Morgan fingerprint density at radius 1 is 1.19 bits per heavy atom. The summed E-state index contributed by atoms with van der Waals surface area (Å²) in [4.78, 5) is 12.7. The van der Waals surface area contributed by atoms with E-state index in [2.05, 4.69) is 21.6 Å². The second kappa shape index (κ2) is 6.18. The molecule has 0 atom stereocenters. The lowest BCUT2D eigenvalue weighted by Crippen LogP contribution is -2.26. The quantitative estimate of drug-likeness (QED) is 0.651. The normalized spacial score (nSPS) is 15.9. The minimum Gasteiger partial charge on any atom is -0.482 e. The Balaban J connectivity index is 1.69. The molecule has 0 fully saturated rings. The van der Waals surface area contributed by atoms with Crippen LogP contribution in [0.5, 0.6) is 5.75 Å². The zero-order chi connectivity index (χ0) is 18.5. The number of fused-ring (bicyclic) bond motifs is 3. The molecule has 0 saturated carbocycles. The van der Waals surface area contributed by atoms with Gasteiger partial charge in [-0.25, -0.2) is 0 Å². The van der Waals surface area contributed by atoms with Gasteiger partial charge in [-0.1, -0.05) is 11.6 Å². The van der Waals surface area contributed by atoms with Crippen molar-refractivity contribution in [3.63, 3.8) is 0 Å². The molecule has 0 saturated heterocycles. The van der Waals surface area contributed by atoms with Gasteiger partial charge in [-0.2, -0.15) is 5.10 Å². The fourth-order valence-electron chi connectivity index (χ4n) is 3.35. The SMILES string of the molecule is CC1=NN=C(c2cc3cc(Cl)ccc3s2)c2cc3c(cc2C1)NC(=O)CO3. The monoisotopic (exact) mass is 395 g/mol. The van der Waals surface area contributed by atoms with E-state index in [9.17, 15) is 4.79 Å². The molecule has 0 radical (unpaired) electrons. The third-order valence-corrected chi connectivity index (χ3v) is 5.93. The Bertz CT molecular complexity index is 1180. The van der Waals surface area contributed by atoms with Crippen LogP contribution in [0.1, 0.15) is 22.9 Å². The first-order chi connectivity index (χ1) is 13.1. The number of nitrogens with zero attached hydrogens (tertiary/aromatic N) is 2. The molecule has 2 aromatic carbocycles. The Hall–Kier alpha value is -2.70. The molecule has 0 bridgehead atoms. The van der Waals surface area contributed by atoms with Crippen molar-refractivity contribution in [1.82, 2.24) is 0 Å². The van der Waals surface area contributed by atoms with Crippen molar-refractivity contribution in [2.75, 3.05) is 11.9 Å². The van der Waals surface area contributed by atoms with Crippen LogP contribution < -0.4 is 10.1 Å². The minimum atomic E-state index is -0.142. The molecule has 5 nitrogen and oxygen atoms in total. The van der Waals surface area contributed by atoms with Crippen LogP contribution in [0.25, 0.3) is 10.1 Å². The van der Waals surface area contributed by atoms with Gasteiger partial charge in [-0.05, 0) is 54.3 Å². The van der Waals surface area contributed by atoms with Crippen molar-refractivity contribution < 1.29 is 9.53 Å². The van der Waals surface area contributed by atoms with Gasteiger partial charge in [0.25, 0.3) is 5.91 Å². The lowest BCUT2D eigenvalue weighted by atomic mass is 9.96. The summed E-state index contributed by atoms with van der Waals surface area (Å²) in [6.07, 6.45) is 0.669. The van der Waals surface area contributed by atoms with Crippen molar-refractivity contribution in [2.24, 2.45) is 10.2 Å². The van der Waals surface area contributed by atoms with Crippen molar-refractivity contribution in [3.05, 3.63) is 57.4 Å². The highest BCUT2D eigenvalue weighted by Crippen LogP contribution is 2.36. The number of thiophene rings is 1. The molecule has 27 heavy (non-hydrogen) atoms. The molecule has 3 heterocycles. The highest BCUT2D eigenvalue weighted by Gasteiger charge is 2.24. The van der Waals surface area contributed by atoms with Gasteiger partial charge in [0.05, 0.1) is 10.6 Å². The number of nitrogens with one attached hydrogen (secondary N) is 1. The summed E-state index contributed by atoms with van der Waals surface area (Å²) in [5.74, 6) is 0.515. The molecular weight excluding hydrogens is 382 g/mol. The van der Waals surface area contributed by atoms with Gasteiger partial charge in [0, 0.05) is 27.4 Å². The summed E-state index contributed by atoms with van der Waals surface area (Å²) in [6.45, 7) is 1.98. The fraction of sp³-hybridized carbons (Fsp3) is 0.150. The number of hydrogen-bond donors (Lipinski definition) is 1. The van der Waals surface area contributed by atoms with Crippen molar-refractivity contribution in [3.8, 4) is 5.75 Å². The molecule has 0 spiro atoms. The number of hydrogen-bond acceptors (Lipinski definition) is 5. The molecule has 2 aliphatic rings. The van der Waals surface area contributed by atoms with Gasteiger partial charge < -0.3 is 10.1 Å². The van der Waals surface area contributed by atoms with Crippen LogP contribution in [0.3, 0.4) is 0 Å². The highest BCUT2D eigenvalue weighted by molar-refractivity contribution is 7.21. The van der Waals surface area contributed by atoms with E-state index in [1.54, 1.807) is 11.3 Å². The van der Waals surface area contributed by atoms with E-state index in [1.165, 1.54) is 0 Å². The Morgan fingerprint density at radius 2 is 2.07 bits per heavy atom. The van der Waals surface area contributed by atoms with Crippen molar-refractivity contribution >= 4 is 56.0 Å². The van der Waals surface area contributed by atoms with Crippen LogP contribution in [0, 0.1) is 0 Å². The van der Waals surface area contributed by atoms with Crippen molar-refractivity contribution in [2.45, 2.75) is 13.3 Å². The van der Waals surface area contributed by atoms with E-state index < -0.39 is 0 Å². The van der Waals surface area contributed by atoms with E-state index in [0.29, 0.717) is 22.9 Å². The maximum atomic E-state index is 11.6. The molecule has 134 valence electrons. The number of anilines is 1. The molecule has 7 heteroatoms. The maximum Gasteiger partial charge on any atom is 0.262 e. The standard InChI is InChI=1S/C20H14ClN3O2S/c1-10-4-11-6-15-16(26-9-19(25)22-15)8-14(11)20(24-23-10)18-7-12-5-13(21)2-3-17(12)27-18/h2-3,5-8H,4,9H2,1H3,(H,22,25). The summed E-state index contributed by atoms with van der Waals surface area (Å²) >= 11 is 7.79. The molecule has 0 unspecified atom stereocenters. The lowest BCUT2D eigenvalue weighted by Gasteiger charge is -2.20. The topological polar surface area (TPSA) is 63.0 Å². The third-order valence-electron chi connectivity index (χ3n) is 4.57. The number of halogens is 1. The van der Waals surface area contributed by atoms with Crippen LogP contribution in [-0.4, -0.2) is 23.9 Å². The van der Waals surface area contributed by atoms with Crippen LogP contribution in [0.4, 0.5) is 5.69 Å². The predicted molar refractivity (Wildman–Crippen MR) is 110 cm³/mol. The number of amides is 1. The molecule has 2 aliphatic heterocycles. The maximum absolute atomic E-state index is 11.6. The second-order valence-corrected chi connectivity index (χ2v) is 8.12. The van der Waals surface area contributed by atoms with Gasteiger partial charge in [0.2, 0.25) is 0 Å². The first-order valence-electron chi connectivity index (χ1n) is 8.47. The Morgan fingerprint density at radius 3 is 2.96 bits per heavy atom. The molecule has 1 N–H and O–H groups in total. The van der Waals surface area contributed by atoms with E-state index in [-0.39, 0.29) is 12.5 Å². The second-order valence-electron chi connectivity index (χ2n) is 6.60. The van der Waals surface area contributed by atoms with Crippen molar-refractivity contribution in [1.29, 1.82) is 0 Å². The number of benzene rings is 2. The summed E-state index contributed by atoms with van der Waals surface area (Å²) in [5.41, 5.74) is 4.46. The molecule has 0 aliphatic carbocycles. The molecule has 3 aromatic rings. The lowest BCUT2D eigenvalue weighted by molar-refractivity contribution is -0.118. The largest absolute Gasteiger partial charge is 0.482 e. The average molecular weight is 396 g/mol. The van der Waals surface area contributed by atoms with Gasteiger partial charge >= 0.3 is 0 Å². The van der Waals surface area contributed by atoms with Crippen LogP contribution in [0.15, 0.2) is 46.6 Å². The van der Waals surface area contributed by atoms with E-state index in [0.717, 1.165) is 37.5 Å². The molecule has 1 aromatic heterocycles. The zero-order valence-corrected chi connectivity index (χ0v) is 15.9. The highest BCUT2D eigenvalue weighted by atomic mass is 35.5. The smallest absolute Gasteiger partial charge is 0.262 e. The number of carbonyl (C=O) groups excluding carboxylic acids is 1. The van der Waals surface area contributed by atoms with Gasteiger partial charge in [0.15, 0.2) is 6.61 Å². The number of rotatable bonds is 1. The first-order valence-corrected chi connectivity index (χ1v) is 9.67. The Kier molecular flexibility index (Phi) is 3.77. The first kappa shape index (κ1) is 16.5. The number of carbonyl (C=O) groups is 1. The van der Waals surface area contributed by atoms with Gasteiger partial charge in [-0.3, -0.25) is 4.79 Å². The summed E-state index contributed by atoms with van der Waals surface area (Å²) in [7, 11) is 0. The predicted octanol–water partition coefficient (Wildman–Crippen LogP) is 4.66. The number of ether oxygens (including phenoxy) is 1. The summed E-state index contributed by atoms with van der Waals surface area (Å²) in [5, 5.41) is 13.6. The van der Waals surface area contributed by atoms with E-state index in [1.807, 2.05) is 37.3 Å². The van der Waals surface area contributed by atoms with Crippen LogP contribution >= 0.6 is 22.9 Å². The molecule has 1 amide bonds. The van der Waals surface area contributed by atoms with Gasteiger partial charge in [0.1, 0.15) is 11.5 Å². The Labute approximate surface area is 164 Å². The van der Waals surface area contributed by atoms with Crippen LogP contribution in [0.2, 0.25) is 5.02 Å². The molecule has 5 rings (SSSR count). The van der Waals surface area contributed by atoms with E-state index >= 15 is 0 Å². The zero-order valence-electron chi connectivity index (χ0n) is 14.4. The van der Waals surface area contributed by atoms with E-state index in [4.69, 9.17) is 16.3 Å². The fourth-order valence-corrected chi connectivity index (χ4v) is 4.57.